The average molecular weight is 255 g/mol. The zero-order valence-electron chi connectivity index (χ0n) is 7.39. The molecule has 16 heavy (non-hydrogen) atoms. The van der Waals surface area contributed by atoms with Crippen LogP contribution in [0.1, 0.15) is 0 Å². The lowest BCUT2D eigenvalue weighted by atomic mass is 10.5. The van der Waals surface area contributed by atoms with Crippen molar-refractivity contribution in [3.05, 3.63) is 16.8 Å². The third-order valence-corrected chi connectivity index (χ3v) is 1.99. The Morgan fingerprint density at radius 1 is 1.44 bits per heavy atom. The van der Waals surface area contributed by atoms with Gasteiger partial charge in [0.25, 0.3) is 0 Å². The summed E-state index contributed by atoms with van der Waals surface area (Å²) in [5, 5.41) is 11.0. The maximum atomic E-state index is 11.8. The van der Waals surface area contributed by atoms with E-state index >= 15 is 0 Å². The molecule has 88 valence electrons. The molecule has 0 aromatic carbocycles. The number of carbonyl (C=O) groups excluding carboxylic acids is 1. The van der Waals surface area contributed by atoms with Crippen molar-refractivity contribution in [3.8, 4) is 0 Å². The van der Waals surface area contributed by atoms with Gasteiger partial charge in [-0.15, -0.1) is 5.06 Å². The first-order valence-electron chi connectivity index (χ1n) is 3.66. The number of hydrogen-bond donors (Lipinski definition) is 1. The highest BCUT2D eigenvalue weighted by Gasteiger charge is 2.43. The summed E-state index contributed by atoms with van der Waals surface area (Å²) in [5.74, 6) is -2.60. The van der Waals surface area contributed by atoms with E-state index in [2.05, 4.69) is 4.84 Å². The van der Waals surface area contributed by atoms with Crippen molar-refractivity contribution in [3.63, 3.8) is 0 Å². The lowest BCUT2D eigenvalue weighted by Crippen LogP contribution is -2.37. The molecule has 0 bridgehead atoms. The van der Waals surface area contributed by atoms with Crippen LogP contribution in [0.5, 0.6) is 0 Å². The molecule has 1 aromatic rings. The molecule has 0 saturated carbocycles. The zero-order valence-corrected chi connectivity index (χ0v) is 8.21. The van der Waals surface area contributed by atoms with Gasteiger partial charge in [-0.2, -0.15) is 24.5 Å². The summed E-state index contributed by atoms with van der Waals surface area (Å²) in [6.07, 6.45) is -7.07. The van der Waals surface area contributed by atoms with Crippen molar-refractivity contribution in [2.45, 2.75) is 6.18 Å². The third kappa shape index (κ3) is 2.86. The minimum Gasteiger partial charge on any atom is -0.463 e. The predicted octanol–water partition coefficient (Wildman–Crippen LogP) is 2.25. The largest absolute Gasteiger partial charge is 0.493 e. The van der Waals surface area contributed by atoms with Gasteiger partial charge in [0, 0.05) is 5.38 Å². The predicted molar refractivity (Wildman–Crippen MR) is 47.0 cm³/mol. The van der Waals surface area contributed by atoms with Gasteiger partial charge in [0.15, 0.2) is 0 Å². The minimum atomic E-state index is -5.25. The Labute approximate surface area is 90.6 Å². The molecule has 0 fully saturated rings. The molecule has 0 spiro atoms. The first kappa shape index (κ1) is 12.3. The van der Waals surface area contributed by atoms with Crippen LogP contribution in [0.2, 0.25) is 0 Å². The Hall–Kier alpha value is -1.77. The van der Waals surface area contributed by atoms with Crippen molar-refractivity contribution in [2.75, 3.05) is 5.06 Å². The van der Waals surface area contributed by atoms with E-state index in [0.717, 1.165) is 11.3 Å². The Balaban J connectivity index is 2.83. The number of amides is 1. The van der Waals surface area contributed by atoms with E-state index in [4.69, 9.17) is 5.11 Å². The quantitative estimate of drug-likeness (QED) is 0.781. The fourth-order valence-electron chi connectivity index (χ4n) is 0.710. The summed E-state index contributed by atoms with van der Waals surface area (Å²) in [4.78, 5) is 24.7. The summed E-state index contributed by atoms with van der Waals surface area (Å²) in [6.45, 7) is 0. The number of anilines is 1. The second-order valence-electron chi connectivity index (χ2n) is 2.44. The first-order chi connectivity index (χ1) is 7.32. The van der Waals surface area contributed by atoms with Crippen molar-refractivity contribution in [2.24, 2.45) is 0 Å². The van der Waals surface area contributed by atoms with E-state index < -0.39 is 18.2 Å². The monoisotopic (exact) mass is 255 g/mol. The number of alkyl halides is 3. The minimum absolute atomic E-state index is 0.147. The number of rotatable bonds is 1. The van der Waals surface area contributed by atoms with Gasteiger partial charge in [-0.3, -0.25) is 0 Å². The van der Waals surface area contributed by atoms with Crippen LogP contribution < -0.4 is 5.06 Å². The van der Waals surface area contributed by atoms with Crippen LogP contribution in [0.3, 0.4) is 0 Å². The number of nitrogens with zero attached hydrogens (tertiary/aromatic N) is 1. The van der Waals surface area contributed by atoms with Gasteiger partial charge in [-0.1, -0.05) is 0 Å². The molecule has 5 nitrogen and oxygen atoms in total. The van der Waals surface area contributed by atoms with Crippen LogP contribution in [0.15, 0.2) is 16.8 Å². The highest BCUT2D eigenvalue weighted by molar-refractivity contribution is 7.08. The van der Waals surface area contributed by atoms with Gasteiger partial charge in [-0.25, -0.2) is 9.59 Å². The molecule has 0 saturated heterocycles. The smallest absolute Gasteiger partial charge is 0.463 e. The van der Waals surface area contributed by atoms with Gasteiger partial charge in [0.1, 0.15) is 0 Å². The number of thiophene rings is 1. The molecule has 0 aliphatic heterocycles. The third-order valence-electron chi connectivity index (χ3n) is 1.32. The molecule has 1 heterocycles. The van der Waals surface area contributed by atoms with E-state index in [1.807, 2.05) is 0 Å². The Morgan fingerprint density at radius 2 is 2.06 bits per heavy atom. The van der Waals surface area contributed by atoms with Crippen LogP contribution in [0.4, 0.5) is 23.7 Å². The fourth-order valence-corrected chi connectivity index (χ4v) is 1.32. The lowest BCUT2D eigenvalue weighted by Gasteiger charge is -2.16. The maximum absolute atomic E-state index is 11.8. The molecular formula is C7H4F3NO4S. The molecule has 1 aromatic heterocycles. The van der Waals surface area contributed by atoms with E-state index in [1.165, 1.54) is 16.8 Å². The first-order valence-corrected chi connectivity index (χ1v) is 4.61. The Morgan fingerprint density at radius 3 is 2.44 bits per heavy atom. The summed E-state index contributed by atoms with van der Waals surface area (Å²) in [7, 11) is 0. The maximum Gasteiger partial charge on any atom is 0.493 e. The van der Waals surface area contributed by atoms with Crippen LogP contribution in [0.25, 0.3) is 0 Å². The van der Waals surface area contributed by atoms with E-state index in [-0.39, 0.29) is 10.8 Å². The van der Waals surface area contributed by atoms with Gasteiger partial charge in [0.05, 0.1) is 5.69 Å². The van der Waals surface area contributed by atoms with Gasteiger partial charge < -0.3 is 9.94 Å². The van der Waals surface area contributed by atoms with Crippen molar-refractivity contribution < 1.29 is 32.7 Å². The summed E-state index contributed by atoms with van der Waals surface area (Å²) < 4.78 is 35.5. The van der Waals surface area contributed by atoms with Crippen molar-refractivity contribution in [1.82, 2.24) is 0 Å². The molecular weight excluding hydrogens is 251 g/mol. The molecule has 0 aliphatic rings. The van der Waals surface area contributed by atoms with E-state index in [0.29, 0.717) is 0 Å². The lowest BCUT2D eigenvalue weighted by molar-refractivity contribution is -0.200. The molecule has 1 N–H and O–H groups in total. The van der Waals surface area contributed by atoms with Gasteiger partial charge >= 0.3 is 18.2 Å². The number of halogens is 3. The number of hydroxylamine groups is 1. The molecule has 1 amide bonds. The highest BCUT2D eigenvalue weighted by Crippen LogP contribution is 2.22. The van der Waals surface area contributed by atoms with Gasteiger partial charge in [-0.05, 0) is 11.4 Å². The molecule has 0 unspecified atom stereocenters. The van der Waals surface area contributed by atoms with Crippen molar-refractivity contribution in [1.29, 1.82) is 0 Å². The molecule has 0 radical (unpaired) electrons. The summed E-state index contributed by atoms with van der Waals surface area (Å²) in [5.41, 5.74) is -0.171. The fraction of sp³-hybridized carbons (Fsp3) is 0.143. The van der Waals surface area contributed by atoms with Crippen LogP contribution >= 0.6 is 11.3 Å². The SMILES string of the molecule is O=C(O)N(OC(=O)C(F)(F)F)c1ccsc1. The number of carbonyl (C=O) groups is 2. The topological polar surface area (TPSA) is 66.8 Å². The summed E-state index contributed by atoms with van der Waals surface area (Å²) >= 11 is 1.04. The van der Waals surface area contributed by atoms with Crippen LogP contribution in [-0.2, 0) is 9.63 Å². The molecule has 0 atom stereocenters. The zero-order chi connectivity index (χ0) is 12.3. The number of carboxylic acid groups (broad SMARTS) is 1. The normalized spacial score (nSPS) is 10.9. The second-order valence-corrected chi connectivity index (χ2v) is 3.22. The van der Waals surface area contributed by atoms with E-state index in [9.17, 15) is 22.8 Å². The standard InChI is InChI=1S/C7H4F3NO4S/c8-7(9,10)5(12)15-11(6(13)14)4-1-2-16-3-4/h1-3H,(H,13,14). The second kappa shape index (κ2) is 4.39. The van der Waals surface area contributed by atoms with Crippen molar-refractivity contribution >= 4 is 29.1 Å². The molecule has 1 rings (SSSR count). The van der Waals surface area contributed by atoms with E-state index in [1.54, 1.807) is 0 Å². The Bertz CT molecular complexity index is 389. The number of hydrogen-bond acceptors (Lipinski definition) is 4. The molecule has 9 heteroatoms. The summed E-state index contributed by atoms with van der Waals surface area (Å²) in [6, 6.07) is 1.20. The van der Waals surface area contributed by atoms with Gasteiger partial charge in [0.2, 0.25) is 0 Å². The Kier molecular flexibility index (Phi) is 3.38. The van der Waals surface area contributed by atoms with Crippen LogP contribution in [-0.4, -0.2) is 23.3 Å². The highest BCUT2D eigenvalue weighted by atomic mass is 32.1. The molecule has 0 aliphatic carbocycles. The van der Waals surface area contributed by atoms with Crippen LogP contribution in [0, 0.1) is 0 Å². The average Bonchev–Trinajstić information content (AvgIpc) is 2.63.